The molecular formula is C25H47N. The molecule has 0 aliphatic heterocycles. The maximum Gasteiger partial charge on any atom is 0.0624 e. The second-order valence-electron chi connectivity index (χ2n) is 9.46. The van der Waals surface area contributed by atoms with Crippen molar-refractivity contribution < 1.29 is 0 Å². The lowest BCUT2D eigenvalue weighted by Gasteiger charge is -2.48. The first-order chi connectivity index (χ1) is 12.2. The molecule has 0 aromatic heterocycles. The summed E-state index contributed by atoms with van der Waals surface area (Å²) in [6.07, 6.45) is 15.6. The summed E-state index contributed by atoms with van der Waals surface area (Å²) in [4.78, 5) is 0. The fraction of sp³-hybridized carbons (Fsp3) is 0.880. The van der Waals surface area contributed by atoms with Gasteiger partial charge >= 0.3 is 0 Å². The lowest BCUT2D eigenvalue weighted by molar-refractivity contribution is 0.0290. The molecule has 0 aromatic carbocycles. The van der Waals surface area contributed by atoms with Crippen LogP contribution in [0.2, 0.25) is 0 Å². The smallest absolute Gasteiger partial charge is 0.0624 e. The molecule has 0 radical (unpaired) electrons. The molecule has 4 unspecified atom stereocenters. The topological polar surface area (TPSA) is 23.8 Å². The van der Waals surface area contributed by atoms with E-state index in [1.165, 1.54) is 44.9 Å². The summed E-state index contributed by atoms with van der Waals surface area (Å²) < 4.78 is 0. The molecule has 0 N–H and O–H groups in total. The van der Waals surface area contributed by atoms with E-state index in [2.05, 4.69) is 73.6 Å². The fourth-order valence-corrected chi connectivity index (χ4v) is 4.94. The normalized spacial score (nSPS) is 18.3. The Morgan fingerprint density at radius 3 is 2.12 bits per heavy atom. The van der Waals surface area contributed by atoms with Crippen molar-refractivity contribution in [3.8, 4) is 6.07 Å². The van der Waals surface area contributed by atoms with Gasteiger partial charge in [0.1, 0.15) is 0 Å². The molecule has 0 rings (SSSR count). The zero-order valence-corrected chi connectivity index (χ0v) is 19.2. The summed E-state index contributed by atoms with van der Waals surface area (Å²) in [5.41, 5.74) is 0.703. The van der Waals surface area contributed by atoms with Crippen LogP contribution >= 0.6 is 0 Å². The SMILES string of the molecule is CC=CC(CC(C)(CCC)C(C)(C)CCCCC)C(CC)C(C)CC#N. The molecule has 0 spiro atoms. The molecule has 26 heavy (non-hydrogen) atoms. The van der Waals surface area contributed by atoms with Crippen LogP contribution in [0.4, 0.5) is 0 Å². The minimum absolute atomic E-state index is 0.347. The van der Waals surface area contributed by atoms with E-state index in [4.69, 9.17) is 0 Å². The van der Waals surface area contributed by atoms with E-state index in [-0.39, 0.29) is 0 Å². The minimum atomic E-state index is 0.347. The molecule has 0 saturated carbocycles. The van der Waals surface area contributed by atoms with Crippen molar-refractivity contribution in [2.24, 2.45) is 28.6 Å². The van der Waals surface area contributed by atoms with E-state index in [1.807, 2.05) is 0 Å². The predicted octanol–water partition coefficient (Wildman–Crippen LogP) is 8.56. The Kier molecular flexibility index (Phi) is 12.2. The lowest BCUT2D eigenvalue weighted by atomic mass is 9.57. The number of hydrogen-bond acceptors (Lipinski definition) is 1. The third kappa shape index (κ3) is 7.46. The Hall–Kier alpha value is -0.770. The van der Waals surface area contributed by atoms with Crippen molar-refractivity contribution in [2.75, 3.05) is 0 Å². The monoisotopic (exact) mass is 361 g/mol. The first-order valence-electron chi connectivity index (χ1n) is 11.2. The van der Waals surface area contributed by atoms with E-state index in [1.54, 1.807) is 0 Å². The summed E-state index contributed by atoms with van der Waals surface area (Å²) in [5.74, 6) is 1.66. The van der Waals surface area contributed by atoms with Crippen LogP contribution in [0.25, 0.3) is 0 Å². The molecule has 0 aliphatic carbocycles. The average Bonchev–Trinajstić information content (AvgIpc) is 2.56. The van der Waals surface area contributed by atoms with Gasteiger partial charge in [-0.3, -0.25) is 0 Å². The summed E-state index contributed by atoms with van der Waals surface area (Å²) in [6.45, 7) is 18.9. The molecular weight excluding hydrogens is 314 g/mol. The van der Waals surface area contributed by atoms with Gasteiger partial charge in [0, 0.05) is 6.42 Å². The van der Waals surface area contributed by atoms with E-state index in [0.29, 0.717) is 35.0 Å². The van der Waals surface area contributed by atoms with Gasteiger partial charge in [-0.15, -0.1) is 0 Å². The third-order valence-electron chi connectivity index (χ3n) is 7.13. The van der Waals surface area contributed by atoms with E-state index in [9.17, 15) is 5.26 Å². The van der Waals surface area contributed by atoms with Gasteiger partial charge in [-0.25, -0.2) is 0 Å². The first-order valence-corrected chi connectivity index (χ1v) is 11.2. The van der Waals surface area contributed by atoms with Crippen LogP contribution in [0, 0.1) is 39.9 Å². The summed E-state index contributed by atoms with van der Waals surface area (Å²) in [7, 11) is 0. The van der Waals surface area contributed by atoms with Crippen LogP contribution in [0.1, 0.15) is 113 Å². The highest BCUT2D eigenvalue weighted by Gasteiger charge is 2.42. The van der Waals surface area contributed by atoms with Crippen molar-refractivity contribution in [3.63, 3.8) is 0 Å². The van der Waals surface area contributed by atoms with Gasteiger partial charge in [0.15, 0.2) is 0 Å². The van der Waals surface area contributed by atoms with E-state index >= 15 is 0 Å². The first kappa shape index (κ1) is 25.2. The maximum absolute atomic E-state index is 9.19. The largest absolute Gasteiger partial charge is 0.198 e. The molecule has 0 amide bonds. The Bertz CT molecular complexity index is 428. The summed E-state index contributed by atoms with van der Waals surface area (Å²) in [5, 5.41) is 9.19. The van der Waals surface area contributed by atoms with Gasteiger partial charge < -0.3 is 0 Å². The number of allylic oxidation sites excluding steroid dienone is 2. The second kappa shape index (κ2) is 12.6. The van der Waals surface area contributed by atoms with Crippen LogP contribution < -0.4 is 0 Å². The van der Waals surface area contributed by atoms with Crippen LogP contribution in [0.5, 0.6) is 0 Å². The molecule has 4 atom stereocenters. The van der Waals surface area contributed by atoms with E-state index < -0.39 is 0 Å². The van der Waals surface area contributed by atoms with Crippen molar-refractivity contribution in [1.29, 1.82) is 5.26 Å². The van der Waals surface area contributed by atoms with Gasteiger partial charge in [0.25, 0.3) is 0 Å². The quantitative estimate of drug-likeness (QED) is 0.224. The molecule has 0 bridgehead atoms. The van der Waals surface area contributed by atoms with Gasteiger partial charge in [0.2, 0.25) is 0 Å². The van der Waals surface area contributed by atoms with Crippen LogP contribution in [0.15, 0.2) is 12.2 Å². The highest BCUT2D eigenvalue weighted by Crippen LogP contribution is 2.52. The lowest BCUT2D eigenvalue weighted by Crippen LogP contribution is -2.38. The zero-order chi connectivity index (χ0) is 20.2. The van der Waals surface area contributed by atoms with E-state index in [0.717, 1.165) is 6.42 Å². The highest BCUT2D eigenvalue weighted by molar-refractivity contribution is 4.99. The summed E-state index contributed by atoms with van der Waals surface area (Å²) >= 11 is 0. The fourth-order valence-electron chi connectivity index (χ4n) is 4.94. The number of rotatable bonds is 14. The van der Waals surface area contributed by atoms with Gasteiger partial charge in [-0.1, -0.05) is 92.7 Å². The minimum Gasteiger partial charge on any atom is -0.198 e. The highest BCUT2D eigenvalue weighted by atomic mass is 14.5. The third-order valence-corrected chi connectivity index (χ3v) is 7.13. The molecule has 0 fully saturated rings. The second-order valence-corrected chi connectivity index (χ2v) is 9.46. The van der Waals surface area contributed by atoms with Crippen LogP contribution in [0.3, 0.4) is 0 Å². The van der Waals surface area contributed by atoms with Crippen molar-refractivity contribution in [3.05, 3.63) is 12.2 Å². The molecule has 0 saturated heterocycles. The van der Waals surface area contributed by atoms with Gasteiger partial charge in [-0.05, 0) is 54.8 Å². The number of hydrogen-bond donors (Lipinski definition) is 0. The van der Waals surface area contributed by atoms with Crippen molar-refractivity contribution in [2.45, 2.75) is 113 Å². The van der Waals surface area contributed by atoms with Crippen molar-refractivity contribution in [1.82, 2.24) is 0 Å². The Morgan fingerprint density at radius 1 is 1.00 bits per heavy atom. The van der Waals surface area contributed by atoms with Gasteiger partial charge in [-0.2, -0.15) is 5.26 Å². The van der Waals surface area contributed by atoms with Crippen molar-refractivity contribution >= 4 is 0 Å². The number of unbranched alkanes of at least 4 members (excludes halogenated alkanes) is 2. The maximum atomic E-state index is 9.19. The number of nitrogens with zero attached hydrogens (tertiary/aromatic N) is 1. The van der Waals surface area contributed by atoms with Crippen LogP contribution in [-0.4, -0.2) is 0 Å². The molecule has 0 heterocycles. The molecule has 0 aliphatic rings. The van der Waals surface area contributed by atoms with Crippen LogP contribution in [-0.2, 0) is 0 Å². The molecule has 0 aromatic rings. The molecule has 1 nitrogen and oxygen atoms in total. The molecule has 1 heteroatoms. The zero-order valence-electron chi connectivity index (χ0n) is 19.2. The Labute approximate surface area is 165 Å². The Morgan fingerprint density at radius 2 is 1.65 bits per heavy atom. The van der Waals surface area contributed by atoms with Gasteiger partial charge in [0.05, 0.1) is 6.07 Å². The number of nitriles is 1. The Balaban J connectivity index is 5.56. The predicted molar refractivity (Wildman–Crippen MR) is 117 cm³/mol. The molecule has 152 valence electrons. The average molecular weight is 362 g/mol. The summed E-state index contributed by atoms with van der Waals surface area (Å²) in [6, 6.07) is 2.41. The standard InChI is InChI=1S/C25H47N/c1-9-13-14-18-24(6,7)25(8,17-11-3)20-22(15-10-2)23(12-4)21(5)16-19-26/h10,15,21-23H,9,11-14,16-18,20H2,1-8H3.